The minimum absolute atomic E-state index is 0.0411. The summed E-state index contributed by atoms with van der Waals surface area (Å²) >= 11 is 0. The normalized spacial score (nSPS) is 11.2. The van der Waals surface area contributed by atoms with Crippen LogP contribution in [0, 0.1) is 11.6 Å². The largest absolute Gasteiger partial charge is 0.392 e. The molecule has 0 aliphatic heterocycles. The lowest BCUT2D eigenvalue weighted by Crippen LogP contribution is -2.03. The van der Waals surface area contributed by atoms with Crippen LogP contribution in [-0.2, 0) is 13.2 Å². The molecule has 102 valence electrons. The molecule has 0 aliphatic carbocycles. The van der Waals surface area contributed by atoms with Crippen molar-refractivity contribution in [1.29, 1.82) is 0 Å². The lowest BCUT2D eigenvalue weighted by molar-refractivity contribution is 0.282. The summed E-state index contributed by atoms with van der Waals surface area (Å²) in [5.41, 5.74) is 1.66. The number of rotatable bonds is 3. The molecule has 0 bridgehead atoms. The van der Waals surface area contributed by atoms with Gasteiger partial charge in [-0.1, -0.05) is 18.2 Å². The highest BCUT2D eigenvalue weighted by Crippen LogP contribution is 2.21. The molecule has 2 aromatic carbocycles. The molecule has 0 saturated heterocycles. The van der Waals surface area contributed by atoms with Gasteiger partial charge in [0.25, 0.3) is 0 Å². The van der Waals surface area contributed by atoms with Gasteiger partial charge in [-0.05, 0) is 35.2 Å². The lowest BCUT2D eigenvalue weighted by atomic mass is 10.1. The van der Waals surface area contributed by atoms with Gasteiger partial charge in [-0.25, -0.2) is 8.78 Å². The molecule has 0 saturated carbocycles. The average molecular weight is 273 g/mol. The fraction of sp³-hybridized carbons (Fsp3) is 0.125. The quantitative estimate of drug-likeness (QED) is 0.776. The number of benzene rings is 2. The highest BCUT2D eigenvalue weighted by Gasteiger charge is 2.10. The van der Waals surface area contributed by atoms with E-state index in [1.807, 2.05) is 24.3 Å². The van der Waals surface area contributed by atoms with Crippen LogP contribution in [0.2, 0.25) is 0 Å². The Labute approximate surface area is 114 Å². The van der Waals surface area contributed by atoms with Crippen molar-refractivity contribution in [2.24, 2.45) is 0 Å². The number of hydrogen-bond donors (Lipinski definition) is 1. The van der Waals surface area contributed by atoms with Crippen LogP contribution < -0.4 is 0 Å². The molecular weight excluding hydrogens is 260 g/mol. The Bertz CT molecular complexity index is 744. The first kappa shape index (κ1) is 12.8. The summed E-state index contributed by atoms with van der Waals surface area (Å²) in [6.07, 6.45) is 1.79. The van der Waals surface area contributed by atoms with Crippen LogP contribution in [0.4, 0.5) is 8.78 Å². The smallest absolute Gasteiger partial charge is 0.131 e. The Balaban J connectivity index is 2.06. The summed E-state index contributed by atoms with van der Waals surface area (Å²) in [5.74, 6) is -1.10. The number of hydrogen-bond acceptors (Lipinski definition) is 1. The number of aromatic nitrogens is 1. The van der Waals surface area contributed by atoms with E-state index < -0.39 is 11.6 Å². The molecule has 20 heavy (non-hydrogen) atoms. The average Bonchev–Trinajstić information content (AvgIpc) is 2.85. The minimum atomic E-state index is -0.551. The van der Waals surface area contributed by atoms with Crippen molar-refractivity contribution in [3.63, 3.8) is 0 Å². The molecule has 0 fully saturated rings. The lowest BCUT2D eigenvalue weighted by Gasteiger charge is -2.08. The van der Waals surface area contributed by atoms with Crippen molar-refractivity contribution in [3.05, 3.63) is 71.4 Å². The summed E-state index contributed by atoms with van der Waals surface area (Å²) in [5, 5.41) is 10.1. The van der Waals surface area contributed by atoms with Gasteiger partial charge in [0.1, 0.15) is 11.6 Å². The second kappa shape index (κ2) is 5.06. The zero-order chi connectivity index (χ0) is 14.1. The van der Waals surface area contributed by atoms with Crippen LogP contribution in [0.3, 0.4) is 0 Å². The molecule has 0 radical (unpaired) electrons. The fourth-order valence-electron chi connectivity index (χ4n) is 2.32. The first-order valence-corrected chi connectivity index (χ1v) is 6.30. The number of fused-ring (bicyclic) bond motifs is 1. The van der Waals surface area contributed by atoms with Crippen molar-refractivity contribution in [1.82, 2.24) is 4.57 Å². The third kappa shape index (κ3) is 2.18. The summed E-state index contributed by atoms with van der Waals surface area (Å²) in [4.78, 5) is 0. The van der Waals surface area contributed by atoms with E-state index in [1.54, 1.807) is 10.8 Å². The molecule has 1 N–H and O–H groups in total. The summed E-state index contributed by atoms with van der Waals surface area (Å²) in [7, 11) is 0. The molecule has 0 amide bonds. The van der Waals surface area contributed by atoms with Crippen molar-refractivity contribution >= 4 is 10.9 Å². The molecule has 3 aromatic rings. The van der Waals surface area contributed by atoms with Gasteiger partial charge in [-0.2, -0.15) is 0 Å². The van der Waals surface area contributed by atoms with E-state index in [0.717, 1.165) is 16.5 Å². The Morgan fingerprint density at radius 1 is 1.00 bits per heavy atom. The van der Waals surface area contributed by atoms with E-state index in [-0.39, 0.29) is 18.7 Å². The zero-order valence-electron chi connectivity index (χ0n) is 10.7. The van der Waals surface area contributed by atoms with Gasteiger partial charge in [0.15, 0.2) is 0 Å². The maximum absolute atomic E-state index is 13.7. The fourth-order valence-corrected chi connectivity index (χ4v) is 2.32. The van der Waals surface area contributed by atoms with E-state index in [4.69, 9.17) is 0 Å². The summed E-state index contributed by atoms with van der Waals surface area (Å²) < 4.78 is 29.2. The first-order chi connectivity index (χ1) is 9.69. The molecule has 1 heterocycles. The van der Waals surface area contributed by atoms with E-state index >= 15 is 0 Å². The highest BCUT2D eigenvalue weighted by molar-refractivity contribution is 5.80. The standard InChI is InChI=1S/C16H13F2NO/c17-14-2-1-3-15(18)13(14)9-19-7-6-12-5-4-11(10-20)8-16(12)19/h1-8,20H,9-10H2. The predicted molar refractivity (Wildman–Crippen MR) is 73.3 cm³/mol. The van der Waals surface area contributed by atoms with Gasteiger partial charge >= 0.3 is 0 Å². The van der Waals surface area contributed by atoms with Crippen LogP contribution in [0.15, 0.2) is 48.7 Å². The van der Waals surface area contributed by atoms with Crippen molar-refractivity contribution < 1.29 is 13.9 Å². The van der Waals surface area contributed by atoms with Crippen molar-refractivity contribution in [2.45, 2.75) is 13.2 Å². The monoisotopic (exact) mass is 273 g/mol. The Morgan fingerprint density at radius 3 is 2.45 bits per heavy atom. The van der Waals surface area contributed by atoms with Crippen LogP contribution in [0.1, 0.15) is 11.1 Å². The zero-order valence-corrected chi connectivity index (χ0v) is 10.7. The molecule has 0 atom stereocenters. The molecule has 0 spiro atoms. The Kier molecular flexibility index (Phi) is 3.24. The molecule has 2 nitrogen and oxygen atoms in total. The molecule has 3 rings (SSSR count). The highest BCUT2D eigenvalue weighted by atomic mass is 19.1. The van der Waals surface area contributed by atoms with Gasteiger partial charge in [0, 0.05) is 17.3 Å². The maximum Gasteiger partial charge on any atom is 0.131 e. The first-order valence-electron chi connectivity index (χ1n) is 6.30. The predicted octanol–water partition coefficient (Wildman–Crippen LogP) is 3.46. The van der Waals surface area contributed by atoms with Gasteiger partial charge in [-0.15, -0.1) is 0 Å². The third-order valence-corrected chi connectivity index (χ3v) is 3.41. The Morgan fingerprint density at radius 2 is 1.75 bits per heavy atom. The second-order valence-corrected chi connectivity index (χ2v) is 4.70. The van der Waals surface area contributed by atoms with Gasteiger partial charge < -0.3 is 9.67 Å². The number of aliphatic hydroxyl groups is 1. The maximum atomic E-state index is 13.7. The van der Waals surface area contributed by atoms with E-state index in [0.29, 0.717) is 0 Å². The van der Waals surface area contributed by atoms with Crippen LogP contribution in [0.25, 0.3) is 10.9 Å². The van der Waals surface area contributed by atoms with E-state index in [1.165, 1.54) is 18.2 Å². The van der Waals surface area contributed by atoms with E-state index in [2.05, 4.69) is 0 Å². The van der Waals surface area contributed by atoms with Gasteiger partial charge in [-0.3, -0.25) is 0 Å². The third-order valence-electron chi connectivity index (χ3n) is 3.41. The summed E-state index contributed by atoms with van der Waals surface area (Å²) in [6.45, 7) is 0.0616. The SMILES string of the molecule is OCc1ccc2ccn(Cc3c(F)cccc3F)c2c1. The molecule has 4 heteroatoms. The van der Waals surface area contributed by atoms with Crippen molar-refractivity contribution in [2.75, 3.05) is 0 Å². The van der Waals surface area contributed by atoms with Crippen LogP contribution in [0.5, 0.6) is 0 Å². The molecule has 0 unspecified atom stereocenters. The molecular formula is C16H13F2NO. The molecule has 0 aliphatic rings. The van der Waals surface area contributed by atoms with Gasteiger partial charge in [0.05, 0.1) is 13.2 Å². The minimum Gasteiger partial charge on any atom is -0.392 e. The van der Waals surface area contributed by atoms with Gasteiger partial charge in [0.2, 0.25) is 0 Å². The number of aliphatic hydroxyl groups excluding tert-OH is 1. The topological polar surface area (TPSA) is 25.2 Å². The number of halogens is 2. The van der Waals surface area contributed by atoms with E-state index in [9.17, 15) is 13.9 Å². The molecule has 1 aromatic heterocycles. The van der Waals surface area contributed by atoms with Crippen molar-refractivity contribution in [3.8, 4) is 0 Å². The van der Waals surface area contributed by atoms with Crippen LogP contribution in [-0.4, -0.2) is 9.67 Å². The van der Waals surface area contributed by atoms with Crippen LogP contribution >= 0.6 is 0 Å². The number of nitrogens with zero attached hydrogens (tertiary/aromatic N) is 1. The summed E-state index contributed by atoms with van der Waals surface area (Å²) in [6, 6.07) is 11.3. The second-order valence-electron chi connectivity index (χ2n) is 4.70. The Hall–Kier alpha value is -2.20.